The first-order valence-corrected chi connectivity index (χ1v) is 8.48. The third-order valence-corrected chi connectivity index (χ3v) is 4.68. The van der Waals surface area contributed by atoms with Gasteiger partial charge in [-0.2, -0.15) is 0 Å². The number of hydrogen-bond donors (Lipinski definition) is 2. The molecule has 1 amide bonds. The van der Waals surface area contributed by atoms with Crippen LogP contribution in [0.3, 0.4) is 0 Å². The second kappa shape index (κ2) is 7.65. The Hall–Kier alpha value is -1.09. The average molecular weight is 469 g/mol. The van der Waals surface area contributed by atoms with E-state index in [4.69, 9.17) is 21.4 Å². The molecule has 0 bridgehead atoms. The van der Waals surface area contributed by atoms with E-state index >= 15 is 0 Å². The number of rotatable bonds is 5. The number of aliphatic hydroxyl groups excluding tert-OH is 1. The first-order chi connectivity index (χ1) is 10.9. The maximum absolute atomic E-state index is 12.5. The lowest BCUT2D eigenvalue weighted by Gasteiger charge is -2.16. The van der Waals surface area contributed by atoms with E-state index in [9.17, 15) is 9.59 Å². The highest BCUT2D eigenvalue weighted by atomic mass is 79.9. The standard InChI is InChI=1S/C14H13Br2ClN2O4/c1-23-14(22)8-6-19(2-3-20)13(21)11(8)18-12-9(15)4-7(17)5-10(12)16/h4-5,18,20H,2-3,6H2,1H3. The van der Waals surface area contributed by atoms with Gasteiger partial charge in [-0.1, -0.05) is 11.6 Å². The summed E-state index contributed by atoms with van der Waals surface area (Å²) >= 11 is 12.7. The van der Waals surface area contributed by atoms with Crippen molar-refractivity contribution in [2.75, 3.05) is 32.1 Å². The van der Waals surface area contributed by atoms with Gasteiger partial charge >= 0.3 is 5.97 Å². The van der Waals surface area contributed by atoms with Crippen LogP contribution in [0.1, 0.15) is 0 Å². The molecule has 0 aliphatic carbocycles. The molecule has 1 aromatic rings. The number of methoxy groups -OCH3 is 1. The van der Waals surface area contributed by atoms with Crippen LogP contribution in [0.25, 0.3) is 0 Å². The summed E-state index contributed by atoms with van der Waals surface area (Å²) in [6, 6.07) is 3.33. The van der Waals surface area contributed by atoms with Gasteiger partial charge in [-0.05, 0) is 44.0 Å². The molecule has 1 aromatic carbocycles. The topological polar surface area (TPSA) is 78.9 Å². The van der Waals surface area contributed by atoms with Crippen LogP contribution in [-0.4, -0.2) is 48.7 Å². The summed E-state index contributed by atoms with van der Waals surface area (Å²) in [7, 11) is 1.25. The number of ether oxygens (including phenoxy) is 1. The number of aliphatic hydroxyl groups is 1. The van der Waals surface area contributed by atoms with Crippen molar-refractivity contribution in [1.82, 2.24) is 4.90 Å². The largest absolute Gasteiger partial charge is 0.466 e. The van der Waals surface area contributed by atoms with Gasteiger partial charge in [0.15, 0.2) is 0 Å². The molecule has 0 fully saturated rings. The predicted octanol–water partition coefficient (Wildman–Crippen LogP) is 2.54. The van der Waals surface area contributed by atoms with E-state index in [2.05, 4.69) is 37.2 Å². The van der Waals surface area contributed by atoms with Gasteiger partial charge < -0.3 is 20.1 Å². The summed E-state index contributed by atoms with van der Waals surface area (Å²) in [4.78, 5) is 25.7. The third kappa shape index (κ3) is 3.88. The van der Waals surface area contributed by atoms with Crippen molar-refractivity contribution >= 4 is 61.0 Å². The Morgan fingerprint density at radius 2 is 2.04 bits per heavy atom. The molecule has 0 spiro atoms. The number of nitrogens with zero attached hydrogens (tertiary/aromatic N) is 1. The minimum absolute atomic E-state index is 0.0806. The Balaban J connectivity index is 2.41. The van der Waals surface area contributed by atoms with Crippen molar-refractivity contribution in [3.63, 3.8) is 0 Å². The van der Waals surface area contributed by atoms with E-state index in [-0.39, 0.29) is 36.9 Å². The number of carbonyl (C=O) groups is 2. The van der Waals surface area contributed by atoms with Crippen LogP contribution in [0.4, 0.5) is 5.69 Å². The molecule has 0 aromatic heterocycles. The molecule has 2 rings (SSSR count). The number of benzene rings is 1. The summed E-state index contributed by atoms with van der Waals surface area (Å²) in [5.41, 5.74) is 0.888. The molecule has 0 atom stereocenters. The number of amides is 1. The fraction of sp³-hybridized carbons (Fsp3) is 0.286. The van der Waals surface area contributed by atoms with Crippen LogP contribution in [0.2, 0.25) is 5.02 Å². The van der Waals surface area contributed by atoms with Crippen molar-refractivity contribution in [2.24, 2.45) is 0 Å². The van der Waals surface area contributed by atoms with Crippen LogP contribution < -0.4 is 5.32 Å². The Bertz CT molecular complexity index is 670. The van der Waals surface area contributed by atoms with Crippen LogP contribution >= 0.6 is 43.5 Å². The van der Waals surface area contributed by atoms with E-state index < -0.39 is 5.97 Å². The average Bonchev–Trinajstić information content (AvgIpc) is 2.79. The lowest BCUT2D eigenvalue weighted by molar-refractivity contribution is -0.136. The number of esters is 1. The zero-order valence-corrected chi connectivity index (χ0v) is 16.0. The molecule has 1 aliphatic heterocycles. The van der Waals surface area contributed by atoms with Gasteiger partial charge in [0.25, 0.3) is 5.91 Å². The summed E-state index contributed by atoms with van der Waals surface area (Å²) in [6.07, 6.45) is 0. The fourth-order valence-electron chi connectivity index (χ4n) is 2.14. The number of nitrogens with one attached hydrogen (secondary N) is 1. The molecular weight excluding hydrogens is 455 g/mol. The zero-order chi connectivity index (χ0) is 17.1. The minimum Gasteiger partial charge on any atom is -0.466 e. The lowest BCUT2D eigenvalue weighted by atomic mass is 10.2. The van der Waals surface area contributed by atoms with E-state index in [0.29, 0.717) is 19.7 Å². The normalized spacial score (nSPS) is 14.5. The smallest absolute Gasteiger partial charge is 0.337 e. The summed E-state index contributed by atoms with van der Waals surface area (Å²) in [5.74, 6) is -0.976. The summed E-state index contributed by atoms with van der Waals surface area (Å²) < 4.78 is 5.99. The molecule has 0 saturated heterocycles. The number of carbonyl (C=O) groups excluding carboxylic acids is 2. The molecule has 0 unspecified atom stereocenters. The third-order valence-electron chi connectivity index (χ3n) is 3.21. The molecule has 6 nitrogen and oxygen atoms in total. The first kappa shape index (κ1) is 18.3. The lowest BCUT2D eigenvalue weighted by Crippen LogP contribution is -2.31. The SMILES string of the molecule is COC(=O)C1=C(Nc2c(Br)cc(Cl)cc2Br)C(=O)N(CCO)C1. The molecule has 2 N–H and O–H groups in total. The van der Waals surface area contributed by atoms with E-state index in [0.717, 1.165) is 0 Å². The molecule has 124 valence electrons. The second-order valence-corrected chi connectivity index (χ2v) is 6.81. The molecular formula is C14H13Br2ClN2O4. The van der Waals surface area contributed by atoms with Crippen molar-refractivity contribution in [3.8, 4) is 0 Å². The Morgan fingerprint density at radius 1 is 1.43 bits per heavy atom. The van der Waals surface area contributed by atoms with Gasteiger partial charge in [-0.3, -0.25) is 4.79 Å². The van der Waals surface area contributed by atoms with Crippen LogP contribution in [0.15, 0.2) is 32.3 Å². The van der Waals surface area contributed by atoms with Gasteiger partial charge in [0.2, 0.25) is 0 Å². The van der Waals surface area contributed by atoms with Gasteiger partial charge in [-0.15, -0.1) is 0 Å². The van der Waals surface area contributed by atoms with Crippen molar-refractivity contribution in [3.05, 3.63) is 37.4 Å². The fourth-order valence-corrected chi connectivity index (χ4v) is 4.00. The maximum atomic E-state index is 12.5. The van der Waals surface area contributed by atoms with E-state index in [1.165, 1.54) is 12.0 Å². The molecule has 0 saturated carbocycles. The number of anilines is 1. The number of hydrogen-bond acceptors (Lipinski definition) is 5. The van der Waals surface area contributed by atoms with Crippen molar-refractivity contribution < 1.29 is 19.4 Å². The van der Waals surface area contributed by atoms with Crippen molar-refractivity contribution in [2.45, 2.75) is 0 Å². The first-order valence-electron chi connectivity index (χ1n) is 6.52. The van der Waals surface area contributed by atoms with Gasteiger partial charge in [0, 0.05) is 20.5 Å². The number of halogens is 3. The predicted molar refractivity (Wildman–Crippen MR) is 93.2 cm³/mol. The maximum Gasteiger partial charge on any atom is 0.337 e. The number of β-amino-alcohol motifs (C(OH)–C–C–N with tert-alkyl or cyclic N) is 1. The molecule has 9 heteroatoms. The summed E-state index contributed by atoms with van der Waals surface area (Å²) in [6.45, 7) is 0.0203. The molecule has 0 radical (unpaired) electrons. The molecule has 1 aliphatic rings. The highest BCUT2D eigenvalue weighted by Gasteiger charge is 2.34. The van der Waals surface area contributed by atoms with Crippen molar-refractivity contribution in [1.29, 1.82) is 0 Å². The second-order valence-electron chi connectivity index (χ2n) is 4.66. The highest BCUT2D eigenvalue weighted by molar-refractivity contribution is 9.11. The Kier molecular flexibility index (Phi) is 6.07. The Labute approximate surface area is 154 Å². The quantitative estimate of drug-likeness (QED) is 0.650. The van der Waals surface area contributed by atoms with Crippen LogP contribution in [-0.2, 0) is 14.3 Å². The molecule has 1 heterocycles. The van der Waals surface area contributed by atoms with Gasteiger partial charge in [-0.25, -0.2) is 4.79 Å². The van der Waals surface area contributed by atoms with Gasteiger partial charge in [0.05, 0.1) is 31.5 Å². The minimum atomic E-state index is -0.595. The Morgan fingerprint density at radius 3 is 2.57 bits per heavy atom. The van der Waals surface area contributed by atoms with E-state index in [1.54, 1.807) is 12.1 Å². The van der Waals surface area contributed by atoms with Crippen LogP contribution in [0.5, 0.6) is 0 Å². The monoisotopic (exact) mass is 466 g/mol. The van der Waals surface area contributed by atoms with Crippen LogP contribution in [0, 0.1) is 0 Å². The summed E-state index contributed by atoms with van der Waals surface area (Å²) in [5, 5.41) is 12.5. The highest BCUT2D eigenvalue weighted by Crippen LogP contribution is 2.36. The zero-order valence-electron chi connectivity index (χ0n) is 12.0. The van der Waals surface area contributed by atoms with Gasteiger partial charge in [0.1, 0.15) is 5.70 Å². The molecule has 23 heavy (non-hydrogen) atoms. The van der Waals surface area contributed by atoms with E-state index in [1.807, 2.05) is 0 Å².